The van der Waals surface area contributed by atoms with Crippen LogP contribution in [-0.2, 0) is 24.4 Å². The first kappa shape index (κ1) is 40.1. The Kier molecular flexibility index (Phi) is 10.8. The van der Waals surface area contributed by atoms with Crippen LogP contribution in [0.5, 0.6) is 11.8 Å². The van der Waals surface area contributed by atoms with Crippen LogP contribution in [0.3, 0.4) is 0 Å². The third-order valence-corrected chi connectivity index (χ3v) is 13.3. The molecule has 53 heavy (non-hydrogen) atoms. The number of sulfonamides is 1. The Hall–Kier alpha value is -4.09. The Morgan fingerprint density at radius 2 is 1.79 bits per heavy atom. The first-order chi connectivity index (χ1) is 24.6. The van der Waals surface area contributed by atoms with Crippen molar-refractivity contribution in [3.8, 4) is 11.8 Å². The quantitative estimate of drug-likeness (QED) is 0.327. The van der Waals surface area contributed by atoms with E-state index in [0.29, 0.717) is 39.5 Å². The number of nitrogens with one attached hydrogen (secondary N) is 2. The van der Waals surface area contributed by atoms with Crippen molar-refractivity contribution in [1.29, 1.82) is 0 Å². The molecule has 0 spiro atoms. The van der Waals surface area contributed by atoms with Crippen LogP contribution in [0.15, 0.2) is 30.4 Å². The van der Waals surface area contributed by atoms with E-state index < -0.39 is 85.9 Å². The van der Waals surface area contributed by atoms with E-state index in [4.69, 9.17) is 9.47 Å². The maximum atomic E-state index is 14.8. The fourth-order valence-corrected chi connectivity index (χ4v) is 8.64. The van der Waals surface area contributed by atoms with Gasteiger partial charge < -0.3 is 24.8 Å². The predicted molar refractivity (Wildman–Crippen MR) is 184 cm³/mol. The molecule has 3 N–H and O–H groups in total. The van der Waals surface area contributed by atoms with Gasteiger partial charge in [0.15, 0.2) is 0 Å². The number of fused-ring (bicyclic) bond motifs is 2. The fourth-order valence-electron chi connectivity index (χ4n) is 7.33. The molecule has 4 aliphatic rings. The molecule has 7 atom stereocenters. The molecule has 14 nitrogen and oxygen atoms in total. The molecule has 2 saturated carbocycles. The van der Waals surface area contributed by atoms with Crippen molar-refractivity contribution >= 4 is 33.8 Å². The number of methoxy groups -OCH3 is 1. The predicted octanol–water partition coefficient (Wildman–Crippen LogP) is 4.01. The Morgan fingerprint density at radius 1 is 1.13 bits per heavy atom. The van der Waals surface area contributed by atoms with Crippen molar-refractivity contribution in [2.45, 2.75) is 120 Å². The minimum absolute atomic E-state index is 0.0589. The molecule has 0 aromatic carbocycles. The molecule has 2 aliphatic heterocycles. The smallest absolute Gasteiger partial charge is 0.411 e. The molecule has 2 aliphatic carbocycles. The van der Waals surface area contributed by atoms with E-state index >= 15 is 0 Å². The monoisotopic (exact) mass is 771 g/mol. The van der Waals surface area contributed by atoms with Crippen molar-refractivity contribution in [2.75, 3.05) is 13.7 Å². The van der Waals surface area contributed by atoms with Gasteiger partial charge in [0.05, 0.1) is 18.4 Å². The number of alkyl halides is 3. The summed E-state index contributed by atoms with van der Waals surface area (Å²) in [5.74, 6) is -4.30. The van der Waals surface area contributed by atoms with Crippen molar-refractivity contribution in [2.24, 2.45) is 17.8 Å². The maximum absolute atomic E-state index is 14.8. The molecular formula is C35H48F3N5O9S. The molecule has 3 fully saturated rings. The number of nitrogens with zero attached hydrogens (tertiary/aromatic N) is 3. The summed E-state index contributed by atoms with van der Waals surface area (Å²) in [6.45, 7) is 5.90. The summed E-state index contributed by atoms with van der Waals surface area (Å²) in [5.41, 5.74) is -4.72. The third kappa shape index (κ3) is 7.92. The van der Waals surface area contributed by atoms with Crippen molar-refractivity contribution in [3.63, 3.8) is 0 Å². The van der Waals surface area contributed by atoms with Crippen LogP contribution in [0.1, 0.15) is 79.6 Å². The number of aromatic nitrogens is 1. The maximum Gasteiger partial charge on any atom is 0.411 e. The Balaban J connectivity index is 1.57. The number of amides is 4. The second-order valence-corrected chi connectivity index (χ2v) is 17.8. The van der Waals surface area contributed by atoms with Gasteiger partial charge in [0.25, 0.3) is 5.91 Å². The Morgan fingerprint density at radius 3 is 2.40 bits per heavy atom. The lowest BCUT2D eigenvalue weighted by atomic mass is 9.85. The van der Waals surface area contributed by atoms with E-state index in [9.17, 15) is 45.9 Å². The van der Waals surface area contributed by atoms with Crippen molar-refractivity contribution in [3.05, 3.63) is 30.4 Å². The van der Waals surface area contributed by atoms with Crippen LogP contribution < -0.4 is 19.5 Å². The van der Waals surface area contributed by atoms with E-state index in [2.05, 4.69) is 15.0 Å². The lowest BCUT2D eigenvalue weighted by Crippen LogP contribution is -2.66. The molecule has 0 bridgehead atoms. The number of halogens is 3. The molecule has 3 heterocycles. The van der Waals surface area contributed by atoms with Crippen LogP contribution in [-0.4, -0.2) is 106 Å². The van der Waals surface area contributed by atoms with Gasteiger partial charge in [-0.2, -0.15) is 18.2 Å². The topological polar surface area (TPSA) is 185 Å². The number of hydrogen-bond acceptors (Lipinski definition) is 9. The second kappa shape index (κ2) is 14.3. The molecule has 5 rings (SSSR count). The molecule has 294 valence electrons. The zero-order valence-electron chi connectivity index (χ0n) is 30.6. The van der Waals surface area contributed by atoms with Gasteiger partial charge in [0.2, 0.25) is 33.6 Å². The molecule has 0 radical (unpaired) electrons. The summed E-state index contributed by atoms with van der Waals surface area (Å²) in [6, 6.07) is 1.33. The average molecular weight is 772 g/mol. The number of rotatable bonds is 8. The SMILES string of the molecule is COc1cccc(O[C@@H]2C[C@H]3C(=O)N[C@]4(C(=O)NS(=O)(=O)C5(C)CC5)C[C@H]4/C=C\CC[C@@H](C)C[C@@H](C)[C@H](N(C(=O)O)C(C)(C)C(F)(F)F)C(=O)N3C2)n1. The van der Waals surface area contributed by atoms with E-state index in [1.165, 1.54) is 27.0 Å². The van der Waals surface area contributed by atoms with Crippen LogP contribution in [0.4, 0.5) is 18.0 Å². The summed E-state index contributed by atoms with van der Waals surface area (Å²) in [6.07, 6.45) is -2.75. The molecule has 1 saturated heterocycles. The van der Waals surface area contributed by atoms with Gasteiger partial charge in [0, 0.05) is 24.5 Å². The van der Waals surface area contributed by atoms with Gasteiger partial charge >= 0.3 is 12.3 Å². The Bertz CT molecular complexity index is 1750. The first-order valence-corrected chi connectivity index (χ1v) is 19.2. The Labute approximate surface area is 306 Å². The van der Waals surface area contributed by atoms with Crippen LogP contribution in [0, 0.1) is 17.8 Å². The van der Waals surface area contributed by atoms with Crippen LogP contribution in [0.25, 0.3) is 0 Å². The van der Waals surface area contributed by atoms with Crippen LogP contribution in [0.2, 0.25) is 0 Å². The van der Waals surface area contributed by atoms with E-state index in [1.807, 2.05) is 6.92 Å². The number of hydrogen-bond donors (Lipinski definition) is 3. The lowest BCUT2D eigenvalue weighted by molar-refractivity contribution is -0.222. The van der Waals surface area contributed by atoms with Crippen LogP contribution >= 0.6 is 0 Å². The van der Waals surface area contributed by atoms with Crippen molar-refractivity contribution in [1.82, 2.24) is 24.8 Å². The minimum atomic E-state index is -5.08. The summed E-state index contributed by atoms with van der Waals surface area (Å²) in [5, 5.41) is 13.0. The molecule has 1 aromatic heterocycles. The van der Waals surface area contributed by atoms with E-state index in [1.54, 1.807) is 24.3 Å². The number of carboxylic acid groups (broad SMARTS) is 1. The normalized spacial score (nSPS) is 31.1. The largest absolute Gasteiger partial charge is 0.481 e. The first-order valence-electron chi connectivity index (χ1n) is 17.7. The third-order valence-electron chi connectivity index (χ3n) is 11.2. The molecule has 0 unspecified atom stereocenters. The van der Waals surface area contributed by atoms with Crippen molar-refractivity contribution < 1.29 is 55.3 Å². The van der Waals surface area contributed by atoms with E-state index in [-0.39, 0.29) is 48.4 Å². The van der Waals surface area contributed by atoms with Gasteiger partial charge in [-0.25, -0.2) is 13.2 Å². The minimum Gasteiger partial charge on any atom is -0.481 e. The number of pyridine rings is 1. The lowest BCUT2D eigenvalue weighted by Gasteiger charge is -2.45. The van der Waals surface area contributed by atoms with Gasteiger partial charge in [-0.15, -0.1) is 0 Å². The molecule has 1 aromatic rings. The van der Waals surface area contributed by atoms with Gasteiger partial charge in [-0.1, -0.05) is 32.1 Å². The zero-order valence-corrected chi connectivity index (χ0v) is 31.4. The van der Waals surface area contributed by atoms with Gasteiger partial charge in [0.1, 0.15) is 29.3 Å². The van der Waals surface area contributed by atoms with E-state index in [0.717, 1.165) is 4.90 Å². The highest BCUT2D eigenvalue weighted by Gasteiger charge is 2.64. The number of carbonyl (C=O) groups excluding carboxylic acids is 3. The summed E-state index contributed by atoms with van der Waals surface area (Å²) in [7, 11) is -2.71. The average Bonchev–Trinajstić information content (AvgIpc) is 3.94. The van der Waals surface area contributed by atoms with Gasteiger partial charge in [-0.05, 0) is 71.1 Å². The molecular weight excluding hydrogens is 723 g/mol. The number of ether oxygens (including phenoxy) is 2. The summed E-state index contributed by atoms with van der Waals surface area (Å²) >= 11 is 0. The highest BCUT2D eigenvalue weighted by molar-refractivity contribution is 7.91. The fraction of sp³-hybridized carbons (Fsp3) is 0.686. The number of allylic oxidation sites excluding steroid dienone is 1. The summed E-state index contributed by atoms with van der Waals surface area (Å²) < 4.78 is 82.1. The summed E-state index contributed by atoms with van der Waals surface area (Å²) in [4.78, 5) is 61.0. The molecule has 18 heteroatoms. The highest BCUT2D eigenvalue weighted by Crippen LogP contribution is 2.48. The number of carbonyl (C=O) groups is 4. The molecule has 4 amide bonds. The standard InChI is InChI=1S/C35H48F3N5O9S/c1-20-10-7-8-11-22-18-34(22,30(46)41-53(49,50)33(5)14-15-33)40-28(44)24-17-23(52-26-13-9-12-25(39-26)51-6)19-42(24)29(45)27(21(2)16-20)43(31(47)48)32(3,4)35(36,37)38/h8-9,11-13,20-24,27H,7,10,14-19H2,1-6H3,(H,40,44)(H,41,46)(H,47,48)/b11-8-/t20-,21-,22-,23-,24+,27+,34-/m1/s1. The van der Waals surface area contributed by atoms with Gasteiger partial charge in [-0.3, -0.25) is 24.0 Å². The zero-order chi connectivity index (χ0) is 39.3. The highest BCUT2D eigenvalue weighted by atomic mass is 32.2. The second-order valence-electron chi connectivity index (χ2n) is 15.6.